The predicted octanol–water partition coefficient (Wildman–Crippen LogP) is 0.718. The second-order valence-corrected chi connectivity index (χ2v) is 2.93. The number of hydrogen-bond acceptors (Lipinski definition) is 2. The molecule has 4 heteroatoms. The third-order valence-corrected chi connectivity index (χ3v) is 1.61. The molecule has 0 heterocycles. The Kier molecular flexibility index (Phi) is 5.08. The van der Waals surface area contributed by atoms with Crippen LogP contribution in [0.5, 0.6) is 0 Å². The quantitative estimate of drug-likeness (QED) is 0.602. The van der Waals surface area contributed by atoms with Crippen LogP contribution in [-0.2, 0) is 9.59 Å². The van der Waals surface area contributed by atoms with Crippen molar-refractivity contribution in [1.82, 2.24) is 4.90 Å². The molecule has 0 atom stereocenters. The highest BCUT2D eigenvalue weighted by atomic mass is 16.4. The Morgan fingerprint density at radius 2 is 2.17 bits per heavy atom. The minimum absolute atomic E-state index is 0.122. The Bertz CT molecular complexity index is 156. The van der Waals surface area contributed by atoms with Gasteiger partial charge < -0.3 is 10.0 Å². The van der Waals surface area contributed by atoms with Crippen LogP contribution < -0.4 is 0 Å². The predicted molar refractivity (Wildman–Crippen MR) is 44.8 cm³/mol. The van der Waals surface area contributed by atoms with Gasteiger partial charge in [-0.15, -0.1) is 0 Å². The van der Waals surface area contributed by atoms with Crippen LogP contribution in [0, 0.1) is 0 Å². The van der Waals surface area contributed by atoms with E-state index in [1.54, 1.807) is 4.90 Å². The molecule has 1 N–H and O–H groups in total. The Labute approximate surface area is 72.2 Å². The average molecular weight is 173 g/mol. The highest BCUT2D eigenvalue weighted by molar-refractivity contribution is 5.66. The van der Waals surface area contributed by atoms with E-state index >= 15 is 0 Å². The number of amides is 1. The van der Waals surface area contributed by atoms with Gasteiger partial charge in [0.25, 0.3) is 0 Å². The largest absolute Gasteiger partial charge is 0.481 e. The maximum atomic E-state index is 10.4. The van der Waals surface area contributed by atoms with Crippen molar-refractivity contribution in [3.63, 3.8) is 0 Å². The monoisotopic (exact) mass is 173 g/mol. The minimum Gasteiger partial charge on any atom is -0.481 e. The Hall–Kier alpha value is -1.06. The summed E-state index contributed by atoms with van der Waals surface area (Å²) in [7, 11) is 0. The molecule has 0 fully saturated rings. The van der Waals surface area contributed by atoms with E-state index in [0.717, 1.165) is 6.41 Å². The van der Waals surface area contributed by atoms with Crippen molar-refractivity contribution >= 4 is 12.4 Å². The SMILES string of the molecule is CC(C)N(C=O)CCCC(=O)O. The number of carbonyl (C=O) groups excluding carboxylic acids is 1. The molecule has 12 heavy (non-hydrogen) atoms. The summed E-state index contributed by atoms with van der Waals surface area (Å²) in [6.07, 6.45) is 1.40. The van der Waals surface area contributed by atoms with E-state index in [-0.39, 0.29) is 12.5 Å². The number of carbonyl (C=O) groups is 2. The number of rotatable bonds is 6. The zero-order chi connectivity index (χ0) is 9.56. The lowest BCUT2D eigenvalue weighted by molar-refractivity contribution is -0.137. The van der Waals surface area contributed by atoms with Crippen molar-refractivity contribution in [3.05, 3.63) is 0 Å². The van der Waals surface area contributed by atoms with Gasteiger partial charge in [0.05, 0.1) is 0 Å². The Morgan fingerprint density at radius 3 is 2.50 bits per heavy atom. The van der Waals surface area contributed by atoms with Crippen molar-refractivity contribution in [2.24, 2.45) is 0 Å². The zero-order valence-corrected chi connectivity index (χ0v) is 7.49. The summed E-state index contributed by atoms with van der Waals surface area (Å²) in [4.78, 5) is 22.1. The smallest absolute Gasteiger partial charge is 0.303 e. The lowest BCUT2D eigenvalue weighted by Crippen LogP contribution is -2.30. The number of carboxylic acid groups (broad SMARTS) is 1. The zero-order valence-electron chi connectivity index (χ0n) is 7.49. The molecule has 0 unspecified atom stereocenters. The summed E-state index contributed by atoms with van der Waals surface area (Å²) in [5.41, 5.74) is 0. The standard InChI is InChI=1S/C8H15NO3/c1-7(2)9(6-10)5-3-4-8(11)12/h6-7H,3-5H2,1-2H3,(H,11,12). The van der Waals surface area contributed by atoms with E-state index in [1.165, 1.54) is 0 Å². The fourth-order valence-corrected chi connectivity index (χ4v) is 0.845. The summed E-state index contributed by atoms with van der Waals surface area (Å²) in [5.74, 6) is -0.815. The van der Waals surface area contributed by atoms with Gasteiger partial charge in [0.2, 0.25) is 6.41 Å². The Morgan fingerprint density at radius 1 is 1.58 bits per heavy atom. The first-order chi connectivity index (χ1) is 5.57. The van der Waals surface area contributed by atoms with Crippen LogP contribution in [-0.4, -0.2) is 35.0 Å². The van der Waals surface area contributed by atoms with E-state index in [4.69, 9.17) is 5.11 Å². The molecular weight excluding hydrogens is 158 g/mol. The van der Waals surface area contributed by atoms with Crippen LogP contribution in [0.3, 0.4) is 0 Å². The van der Waals surface area contributed by atoms with Gasteiger partial charge in [0, 0.05) is 19.0 Å². The van der Waals surface area contributed by atoms with Gasteiger partial charge in [0.1, 0.15) is 0 Å². The topological polar surface area (TPSA) is 57.6 Å². The summed E-state index contributed by atoms with van der Waals surface area (Å²) in [6.45, 7) is 4.32. The van der Waals surface area contributed by atoms with Gasteiger partial charge in [0.15, 0.2) is 0 Å². The van der Waals surface area contributed by atoms with Crippen LogP contribution in [0.2, 0.25) is 0 Å². The van der Waals surface area contributed by atoms with Crippen molar-refractivity contribution < 1.29 is 14.7 Å². The third kappa shape index (κ3) is 4.71. The van der Waals surface area contributed by atoms with Crippen molar-refractivity contribution in [2.45, 2.75) is 32.7 Å². The normalized spacial score (nSPS) is 9.92. The molecule has 0 aliphatic heterocycles. The molecule has 70 valence electrons. The number of hydrogen-bond donors (Lipinski definition) is 1. The number of carboxylic acids is 1. The second kappa shape index (κ2) is 5.57. The molecule has 0 aliphatic rings. The average Bonchev–Trinajstić information content (AvgIpc) is 1.96. The minimum atomic E-state index is -0.815. The van der Waals surface area contributed by atoms with Crippen molar-refractivity contribution in [3.8, 4) is 0 Å². The van der Waals surface area contributed by atoms with Gasteiger partial charge in [-0.1, -0.05) is 0 Å². The van der Waals surface area contributed by atoms with Crippen LogP contribution in [0.4, 0.5) is 0 Å². The molecule has 4 nitrogen and oxygen atoms in total. The second-order valence-electron chi connectivity index (χ2n) is 2.93. The highest BCUT2D eigenvalue weighted by Gasteiger charge is 2.06. The molecule has 0 rings (SSSR count). The van der Waals surface area contributed by atoms with E-state index < -0.39 is 5.97 Å². The fourth-order valence-electron chi connectivity index (χ4n) is 0.845. The molecule has 0 aromatic rings. The molecule has 0 aliphatic carbocycles. The summed E-state index contributed by atoms with van der Waals surface area (Å²) < 4.78 is 0. The Balaban J connectivity index is 3.58. The first-order valence-electron chi connectivity index (χ1n) is 4.00. The number of nitrogens with zero attached hydrogens (tertiary/aromatic N) is 1. The van der Waals surface area contributed by atoms with Gasteiger partial charge >= 0.3 is 5.97 Å². The van der Waals surface area contributed by atoms with E-state index in [2.05, 4.69) is 0 Å². The summed E-state index contributed by atoms with van der Waals surface area (Å²) in [6, 6.07) is 0.149. The lowest BCUT2D eigenvalue weighted by atomic mass is 10.2. The molecule has 0 saturated heterocycles. The first kappa shape index (κ1) is 10.9. The van der Waals surface area contributed by atoms with E-state index in [0.29, 0.717) is 13.0 Å². The first-order valence-corrected chi connectivity index (χ1v) is 4.00. The molecule has 0 saturated carbocycles. The lowest BCUT2D eigenvalue weighted by Gasteiger charge is -2.20. The maximum Gasteiger partial charge on any atom is 0.303 e. The third-order valence-electron chi connectivity index (χ3n) is 1.61. The molecule has 0 radical (unpaired) electrons. The molecule has 0 spiro atoms. The van der Waals surface area contributed by atoms with E-state index in [1.807, 2.05) is 13.8 Å². The molecular formula is C8H15NO3. The molecule has 0 aromatic heterocycles. The highest BCUT2D eigenvalue weighted by Crippen LogP contribution is 1.98. The van der Waals surface area contributed by atoms with Crippen molar-refractivity contribution in [2.75, 3.05) is 6.54 Å². The van der Waals surface area contributed by atoms with Crippen LogP contribution in [0.1, 0.15) is 26.7 Å². The van der Waals surface area contributed by atoms with Gasteiger partial charge in [-0.3, -0.25) is 9.59 Å². The van der Waals surface area contributed by atoms with Crippen LogP contribution >= 0.6 is 0 Å². The maximum absolute atomic E-state index is 10.4. The van der Waals surface area contributed by atoms with Crippen LogP contribution in [0.15, 0.2) is 0 Å². The number of aliphatic carboxylic acids is 1. The van der Waals surface area contributed by atoms with Gasteiger partial charge in [-0.25, -0.2) is 0 Å². The molecule has 1 amide bonds. The molecule has 0 aromatic carbocycles. The molecule has 0 bridgehead atoms. The van der Waals surface area contributed by atoms with Crippen LogP contribution in [0.25, 0.3) is 0 Å². The fraction of sp³-hybridized carbons (Fsp3) is 0.750. The van der Waals surface area contributed by atoms with Gasteiger partial charge in [-0.05, 0) is 20.3 Å². The van der Waals surface area contributed by atoms with Gasteiger partial charge in [-0.2, -0.15) is 0 Å². The van der Waals surface area contributed by atoms with E-state index in [9.17, 15) is 9.59 Å². The van der Waals surface area contributed by atoms with Crippen molar-refractivity contribution in [1.29, 1.82) is 0 Å². The summed E-state index contributed by atoms with van der Waals surface area (Å²) >= 11 is 0. The summed E-state index contributed by atoms with van der Waals surface area (Å²) in [5, 5.41) is 8.33.